The maximum atomic E-state index is 12.5. The normalized spacial score (nSPS) is 15.0. The number of aromatic amines is 1. The van der Waals surface area contributed by atoms with Crippen LogP contribution < -0.4 is 0 Å². The summed E-state index contributed by atoms with van der Waals surface area (Å²) in [5, 5.41) is 0. The van der Waals surface area contributed by atoms with Crippen LogP contribution in [-0.4, -0.2) is 33.9 Å². The molecule has 0 saturated carbocycles. The molecule has 1 aliphatic heterocycles. The van der Waals surface area contributed by atoms with Gasteiger partial charge in [-0.1, -0.05) is 18.2 Å². The topological polar surface area (TPSA) is 49.0 Å². The minimum Gasteiger partial charge on any atom is -0.342 e. The predicted octanol–water partition coefficient (Wildman–Crippen LogP) is 3.87. The van der Waals surface area contributed by atoms with Crippen LogP contribution in [-0.2, 0) is 0 Å². The van der Waals surface area contributed by atoms with Crippen LogP contribution in [0.25, 0.3) is 11.0 Å². The number of aromatic nitrogens is 2. The van der Waals surface area contributed by atoms with Crippen LogP contribution in [0, 0.1) is 6.92 Å². The van der Waals surface area contributed by atoms with E-state index in [1.165, 1.54) is 5.56 Å². The number of aryl methyl sites for hydroxylation is 1. The zero-order valence-electron chi connectivity index (χ0n) is 12.7. The summed E-state index contributed by atoms with van der Waals surface area (Å²) in [5.74, 6) is 1.33. The van der Waals surface area contributed by atoms with Crippen LogP contribution in [0.3, 0.4) is 0 Å². The van der Waals surface area contributed by atoms with Crippen molar-refractivity contribution >= 4 is 32.9 Å². The maximum absolute atomic E-state index is 12.5. The van der Waals surface area contributed by atoms with Crippen molar-refractivity contribution in [2.24, 2.45) is 0 Å². The number of imidazole rings is 1. The van der Waals surface area contributed by atoms with Gasteiger partial charge in [-0.15, -0.1) is 0 Å². The van der Waals surface area contributed by atoms with Crippen LogP contribution in [0.2, 0.25) is 0 Å². The second kappa shape index (κ2) is 5.49. The first-order chi connectivity index (χ1) is 11.1. The second-order valence-electron chi connectivity index (χ2n) is 6.03. The summed E-state index contributed by atoms with van der Waals surface area (Å²) in [6, 6.07) is 13.8. The van der Waals surface area contributed by atoms with Gasteiger partial charge >= 0.3 is 0 Å². The molecule has 1 amide bonds. The maximum Gasteiger partial charge on any atom is 0.255 e. The fourth-order valence-electron chi connectivity index (χ4n) is 2.96. The lowest BCUT2D eigenvalue weighted by Gasteiger charge is -2.38. The highest BCUT2D eigenvalue weighted by molar-refractivity contribution is 9.10. The van der Waals surface area contributed by atoms with Gasteiger partial charge in [0.2, 0.25) is 0 Å². The van der Waals surface area contributed by atoms with Crippen LogP contribution in [0.15, 0.2) is 46.9 Å². The lowest BCUT2D eigenvalue weighted by atomic mass is 9.98. The summed E-state index contributed by atoms with van der Waals surface area (Å²) >= 11 is 3.44. The molecule has 116 valence electrons. The van der Waals surface area contributed by atoms with E-state index >= 15 is 0 Å². The molecule has 1 aromatic heterocycles. The first-order valence-electron chi connectivity index (χ1n) is 7.62. The average Bonchev–Trinajstić information content (AvgIpc) is 2.88. The van der Waals surface area contributed by atoms with Gasteiger partial charge < -0.3 is 9.88 Å². The first-order valence-corrected chi connectivity index (χ1v) is 8.41. The number of benzene rings is 2. The average molecular weight is 370 g/mol. The van der Waals surface area contributed by atoms with Gasteiger partial charge in [-0.05, 0) is 52.7 Å². The van der Waals surface area contributed by atoms with Gasteiger partial charge in [0.15, 0.2) is 0 Å². The quantitative estimate of drug-likeness (QED) is 0.745. The van der Waals surface area contributed by atoms with Crippen LogP contribution in [0.4, 0.5) is 0 Å². The molecular formula is C18H16BrN3O. The van der Waals surface area contributed by atoms with Gasteiger partial charge in [-0.25, -0.2) is 4.98 Å². The number of amides is 1. The SMILES string of the molecule is Cc1ccc2nc(C3CN(C(=O)c4ccccc4Br)C3)[nH]c2c1. The minimum atomic E-state index is 0.0701. The summed E-state index contributed by atoms with van der Waals surface area (Å²) < 4.78 is 0.840. The van der Waals surface area contributed by atoms with Crippen molar-refractivity contribution in [2.75, 3.05) is 13.1 Å². The molecule has 4 rings (SSSR count). The highest BCUT2D eigenvalue weighted by Crippen LogP contribution is 2.29. The van der Waals surface area contributed by atoms with Crippen molar-refractivity contribution in [3.05, 3.63) is 63.9 Å². The van der Waals surface area contributed by atoms with Crippen LogP contribution in [0.1, 0.15) is 27.7 Å². The smallest absolute Gasteiger partial charge is 0.255 e. The number of hydrogen-bond donors (Lipinski definition) is 1. The third-order valence-corrected chi connectivity index (χ3v) is 5.01. The largest absolute Gasteiger partial charge is 0.342 e. The molecular weight excluding hydrogens is 354 g/mol. The standard InChI is InChI=1S/C18H16BrN3O/c1-11-6-7-15-16(8-11)21-17(20-15)12-9-22(10-12)18(23)13-4-2-3-5-14(13)19/h2-8,12H,9-10H2,1H3,(H,20,21). The lowest BCUT2D eigenvalue weighted by Crippen LogP contribution is -2.48. The number of fused-ring (bicyclic) bond motifs is 1. The van der Waals surface area contributed by atoms with Crippen molar-refractivity contribution in [2.45, 2.75) is 12.8 Å². The number of rotatable bonds is 2. The third kappa shape index (κ3) is 2.55. The highest BCUT2D eigenvalue weighted by Gasteiger charge is 2.34. The fourth-order valence-corrected chi connectivity index (χ4v) is 3.41. The second-order valence-corrected chi connectivity index (χ2v) is 6.88. The number of carbonyl (C=O) groups is 1. The highest BCUT2D eigenvalue weighted by atomic mass is 79.9. The van der Waals surface area contributed by atoms with E-state index in [-0.39, 0.29) is 11.8 Å². The predicted molar refractivity (Wildman–Crippen MR) is 93.6 cm³/mol. The zero-order chi connectivity index (χ0) is 16.0. The molecule has 0 radical (unpaired) electrons. The van der Waals surface area contributed by atoms with Crippen LogP contribution >= 0.6 is 15.9 Å². The van der Waals surface area contributed by atoms with Gasteiger partial charge in [0.05, 0.1) is 22.5 Å². The summed E-state index contributed by atoms with van der Waals surface area (Å²) in [4.78, 5) is 22.4. The van der Waals surface area contributed by atoms with E-state index in [9.17, 15) is 4.79 Å². The van der Waals surface area contributed by atoms with E-state index in [4.69, 9.17) is 0 Å². The van der Waals surface area contributed by atoms with E-state index in [1.807, 2.05) is 35.2 Å². The Morgan fingerprint density at radius 1 is 1.26 bits per heavy atom. The molecule has 0 atom stereocenters. The molecule has 1 N–H and O–H groups in total. The number of halogens is 1. The molecule has 2 aromatic carbocycles. The van der Waals surface area contributed by atoms with Crippen LogP contribution in [0.5, 0.6) is 0 Å². The van der Waals surface area contributed by atoms with E-state index in [0.717, 1.165) is 21.3 Å². The van der Waals surface area contributed by atoms with Gasteiger partial charge in [-0.3, -0.25) is 4.79 Å². The van der Waals surface area contributed by atoms with E-state index < -0.39 is 0 Å². The molecule has 0 aliphatic carbocycles. The number of H-pyrrole nitrogens is 1. The monoisotopic (exact) mass is 369 g/mol. The van der Waals surface area contributed by atoms with E-state index in [1.54, 1.807) is 0 Å². The Morgan fingerprint density at radius 3 is 2.83 bits per heavy atom. The minimum absolute atomic E-state index is 0.0701. The Kier molecular flexibility index (Phi) is 3.45. The molecule has 1 aliphatic rings. The molecule has 23 heavy (non-hydrogen) atoms. The van der Waals surface area contributed by atoms with E-state index in [2.05, 4.69) is 45.0 Å². The van der Waals surface area contributed by atoms with Gasteiger partial charge in [0.25, 0.3) is 5.91 Å². The van der Waals surface area contributed by atoms with E-state index in [0.29, 0.717) is 18.7 Å². The first kappa shape index (κ1) is 14.5. The Balaban J connectivity index is 1.50. The van der Waals surface area contributed by atoms with Gasteiger partial charge in [0, 0.05) is 17.6 Å². The van der Waals surface area contributed by atoms with Crippen molar-refractivity contribution in [1.82, 2.24) is 14.9 Å². The molecule has 0 bridgehead atoms. The summed E-state index contributed by atoms with van der Waals surface area (Å²) in [7, 11) is 0. The molecule has 5 heteroatoms. The Bertz CT molecular complexity index is 896. The number of nitrogens with one attached hydrogen (secondary N) is 1. The molecule has 0 unspecified atom stereocenters. The molecule has 4 nitrogen and oxygen atoms in total. The van der Waals surface area contributed by atoms with Gasteiger partial charge in [0.1, 0.15) is 5.82 Å². The number of likely N-dealkylation sites (tertiary alicyclic amines) is 1. The molecule has 1 saturated heterocycles. The van der Waals surface area contributed by atoms with Crippen molar-refractivity contribution < 1.29 is 4.79 Å². The Hall–Kier alpha value is -2.14. The summed E-state index contributed by atoms with van der Waals surface area (Å²) in [5.41, 5.74) is 3.98. The molecule has 3 aromatic rings. The zero-order valence-corrected chi connectivity index (χ0v) is 14.3. The molecule has 0 spiro atoms. The fraction of sp³-hybridized carbons (Fsp3) is 0.222. The van der Waals surface area contributed by atoms with Crippen molar-refractivity contribution in [1.29, 1.82) is 0 Å². The number of nitrogens with zero attached hydrogens (tertiary/aromatic N) is 2. The Morgan fingerprint density at radius 2 is 2.04 bits per heavy atom. The van der Waals surface area contributed by atoms with Gasteiger partial charge in [-0.2, -0.15) is 0 Å². The Labute approximate surface area is 142 Å². The summed E-state index contributed by atoms with van der Waals surface area (Å²) in [6.07, 6.45) is 0. The number of hydrogen-bond acceptors (Lipinski definition) is 2. The third-order valence-electron chi connectivity index (χ3n) is 4.32. The van der Waals surface area contributed by atoms with Crippen molar-refractivity contribution in [3.63, 3.8) is 0 Å². The summed E-state index contributed by atoms with van der Waals surface area (Å²) in [6.45, 7) is 3.49. The molecule has 2 heterocycles. The molecule has 1 fully saturated rings. The number of carbonyl (C=O) groups excluding carboxylic acids is 1. The van der Waals surface area contributed by atoms with Crippen molar-refractivity contribution in [3.8, 4) is 0 Å². The lowest BCUT2D eigenvalue weighted by molar-refractivity contribution is 0.0595.